The van der Waals surface area contributed by atoms with Crippen molar-refractivity contribution in [3.05, 3.63) is 35.4 Å². The zero-order chi connectivity index (χ0) is 15.3. The first-order chi connectivity index (χ1) is 9.23. The lowest BCUT2D eigenvalue weighted by Crippen LogP contribution is -2.39. The molecule has 1 rings (SSSR count). The Labute approximate surface area is 114 Å². The average molecular weight is 296 g/mol. The first kappa shape index (κ1) is 16.8. The molecule has 1 aromatic carbocycles. The maximum absolute atomic E-state index is 13.5. The van der Waals surface area contributed by atoms with E-state index in [1.807, 2.05) is 0 Å². The topological polar surface area (TPSA) is 29.3 Å². The predicted octanol–water partition coefficient (Wildman–Crippen LogP) is 3.24. The average Bonchev–Trinajstić information content (AvgIpc) is 2.30. The summed E-state index contributed by atoms with van der Waals surface area (Å²) >= 11 is 0. The Kier molecular flexibility index (Phi) is 5.88. The monoisotopic (exact) mass is 296 g/mol. The Morgan fingerprint density at radius 1 is 1.25 bits per heavy atom. The number of benzene rings is 1. The highest BCUT2D eigenvalue weighted by molar-refractivity contribution is 5.22. The molecule has 1 unspecified atom stereocenters. The van der Waals surface area contributed by atoms with Gasteiger partial charge in [-0.05, 0) is 31.2 Å². The third-order valence-corrected chi connectivity index (χ3v) is 2.76. The van der Waals surface area contributed by atoms with Crippen LogP contribution >= 0.6 is 0 Å². The summed E-state index contributed by atoms with van der Waals surface area (Å²) in [6.45, 7) is 0.612. The number of halogens is 5. The largest absolute Gasteiger partial charge is 0.401 e. The SMILES string of the molecule is CCCN(CC(N)c1cc(F)ccc1F)CC(F)(F)F. The molecule has 1 aromatic rings. The minimum absolute atomic E-state index is 0.117. The fourth-order valence-electron chi connectivity index (χ4n) is 1.98. The molecule has 0 bridgehead atoms. The van der Waals surface area contributed by atoms with Gasteiger partial charge in [0.15, 0.2) is 0 Å². The van der Waals surface area contributed by atoms with Gasteiger partial charge < -0.3 is 5.73 Å². The maximum atomic E-state index is 13.5. The van der Waals surface area contributed by atoms with E-state index in [1.165, 1.54) is 0 Å². The van der Waals surface area contributed by atoms with Crippen LogP contribution in [0, 0.1) is 11.6 Å². The molecule has 7 heteroatoms. The quantitative estimate of drug-likeness (QED) is 0.817. The summed E-state index contributed by atoms with van der Waals surface area (Å²) in [5.74, 6) is -1.39. The van der Waals surface area contributed by atoms with Crippen LogP contribution in [0.2, 0.25) is 0 Å². The summed E-state index contributed by atoms with van der Waals surface area (Å²) in [4.78, 5) is 1.09. The summed E-state index contributed by atoms with van der Waals surface area (Å²) in [5.41, 5.74) is 5.58. The second-order valence-electron chi connectivity index (χ2n) is 4.62. The van der Waals surface area contributed by atoms with Gasteiger partial charge in [-0.25, -0.2) is 8.78 Å². The third kappa shape index (κ3) is 5.42. The van der Waals surface area contributed by atoms with Gasteiger partial charge in [0.2, 0.25) is 0 Å². The van der Waals surface area contributed by atoms with Crippen LogP contribution in [-0.2, 0) is 0 Å². The molecule has 0 aliphatic carbocycles. The minimum atomic E-state index is -4.35. The fourth-order valence-corrected chi connectivity index (χ4v) is 1.98. The number of hydrogen-bond donors (Lipinski definition) is 1. The van der Waals surface area contributed by atoms with E-state index >= 15 is 0 Å². The Morgan fingerprint density at radius 3 is 2.45 bits per heavy atom. The number of nitrogens with two attached hydrogens (primary N) is 1. The molecule has 1 atom stereocenters. The van der Waals surface area contributed by atoms with Gasteiger partial charge in [0, 0.05) is 18.2 Å². The summed E-state index contributed by atoms with van der Waals surface area (Å²) in [7, 11) is 0. The van der Waals surface area contributed by atoms with Crippen LogP contribution < -0.4 is 5.73 Å². The molecule has 0 amide bonds. The van der Waals surface area contributed by atoms with Crippen molar-refractivity contribution in [1.82, 2.24) is 4.90 Å². The normalized spacial score (nSPS) is 13.8. The number of rotatable bonds is 6. The zero-order valence-corrected chi connectivity index (χ0v) is 11.1. The minimum Gasteiger partial charge on any atom is -0.323 e. The molecule has 0 aliphatic heterocycles. The molecule has 0 aliphatic rings. The lowest BCUT2D eigenvalue weighted by atomic mass is 10.1. The summed E-state index contributed by atoms with van der Waals surface area (Å²) in [5, 5.41) is 0. The van der Waals surface area contributed by atoms with Crippen LogP contribution in [0.1, 0.15) is 24.9 Å². The molecule has 0 saturated carbocycles. The standard InChI is InChI=1S/C13H17F5N2/c1-2-5-20(8-13(16,17)18)7-12(19)10-6-9(14)3-4-11(10)15/h3-4,6,12H,2,5,7-8,19H2,1H3. The van der Waals surface area contributed by atoms with Crippen molar-refractivity contribution in [3.8, 4) is 0 Å². The first-order valence-corrected chi connectivity index (χ1v) is 6.22. The third-order valence-electron chi connectivity index (χ3n) is 2.76. The number of nitrogens with zero attached hydrogens (tertiary/aromatic N) is 1. The molecule has 2 nitrogen and oxygen atoms in total. The lowest BCUT2D eigenvalue weighted by Gasteiger charge is -2.26. The fraction of sp³-hybridized carbons (Fsp3) is 0.538. The van der Waals surface area contributed by atoms with E-state index in [-0.39, 0.29) is 18.7 Å². The molecule has 0 aromatic heterocycles. The van der Waals surface area contributed by atoms with Gasteiger partial charge in [0.1, 0.15) is 11.6 Å². The van der Waals surface area contributed by atoms with E-state index in [1.54, 1.807) is 6.92 Å². The van der Waals surface area contributed by atoms with E-state index in [2.05, 4.69) is 0 Å². The second-order valence-corrected chi connectivity index (χ2v) is 4.62. The van der Waals surface area contributed by atoms with Gasteiger partial charge in [0.25, 0.3) is 0 Å². The molecule has 0 fully saturated rings. The van der Waals surface area contributed by atoms with E-state index in [0.717, 1.165) is 23.1 Å². The van der Waals surface area contributed by atoms with Gasteiger partial charge in [-0.3, -0.25) is 4.90 Å². The molecule has 20 heavy (non-hydrogen) atoms. The predicted molar refractivity (Wildman–Crippen MR) is 66.1 cm³/mol. The molecule has 0 heterocycles. The van der Waals surface area contributed by atoms with E-state index < -0.39 is 30.4 Å². The van der Waals surface area contributed by atoms with Crippen LogP contribution in [0.15, 0.2) is 18.2 Å². The van der Waals surface area contributed by atoms with Gasteiger partial charge in [-0.2, -0.15) is 13.2 Å². The van der Waals surface area contributed by atoms with Gasteiger partial charge in [0.05, 0.1) is 6.54 Å². The van der Waals surface area contributed by atoms with Crippen LogP contribution in [0.4, 0.5) is 22.0 Å². The summed E-state index contributed by atoms with van der Waals surface area (Å²) in [6, 6.07) is 1.75. The smallest absolute Gasteiger partial charge is 0.323 e. The second kappa shape index (κ2) is 6.99. The zero-order valence-electron chi connectivity index (χ0n) is 11.1. The lowest BCUT2D eigenvalue weighted by molar-refractivity contribution is -0.146. The van der Waals surface area contributed by atoms with Gasteiger partial charge >= 0.3 is 6.18 Å². The van der Waals surface area contributed by atoms with E-state index in [0.29, 0.717) is 6.42 Å². The highest BCUT2D eigenvalue weighted by Gasteiger charge is 2.31. The maximum Gasteiger partial charge on any atom is 0.401 e. The Morgan fingerprint density at radius 2 is 1.90 bits per heavy atom. The molecule has 2 N–H and O–H groups in total. The Balaban J connectivity index is 2.79. The van der Waals surface area contributed by atoms with Crippen molar-refractivity contribution in [2.75, 3.05) is 19.6 Å². The van der Waals surface area contributed by atoms with Gasteiger partial charge in [-0.1, -0.05) is 6.92 Å². The molecule has 114 valence electrons. The Hall–Kier alpha value is -1.21. The highest BCUT2D eigenvalue weighted by Crippen LogP contribution is 2.21. The van der Waals surface area contributed by atoms with Crippen molar-refractivity contribution in [1.29, 1.82) is 0 Å². The van der Waals surface area contributed by atoms with E-state index in [9.17, 15) is 22.0 Å². The molecular weight excluding hydrogens is 279 g/mol. The van der Waals surface area contributed by atoms with Crippen molar-refractivity contribution in [2.45, 2.75) is 25.6 Å². The molecule has 0 radical (unpaired) electrons. The summed E-state index contributed by atoms with van der Waals surface area (Å²) in [6.07, 6.45) is -3.84. The van der Waals surface area contributed by atoms with Gasteiger partial charge in [-0.15, -0.1) is 0 Å². The van der Waals surface area contributed by atoms with E-state index in [4.69, 9.17) is 5.73 Å². The molecular formula is C13H17F5N2. The van der Waals surface area contributed by atoms with Crippen molar-refractivity contribution in [3.63, 3.8) is 0 Å². The number of alkyl halides is 3. The van der Waals surface area contributed by atoms with Crippen LogP contribution in [-0.4, -0.2) is 30.7 Å². The molecule has 0 saturated heterocycles. The highest BCUT2D eigenvalue weighted by atomic mass is 19.4. The van der Waals surface area contributed by atoms with Crippen molar-refractivity contribution >= 4 is 0 Å². The van der Waals surface area contributed by atoms with Crippen LogP contribution in [0.3, 0.4) is 0 Å². The number of hydrogen-bond acceptors (Lipinski definition) is 2. The van der Waals surface area contributed by atoms with Crippen LogP contribution in [0.5, 0.6) is 0 Å². The Bertz CT molecular complexity index is 433. The summed E-state index contributed by atoms with van der Waals surface area (Å²) < 4.78 is 63.8. The first-order valence-electron chi connectivity index (χ1n) is 6.22. The van der Waals surface area contributed by atoms with Crippen molar-refractivity contribution in [2.24, 2.45) is 5.73 Å². The molecule has 0 spiro atoms. The van der Waals surface area contributed by atoms with Crippen molar-refractivity contribution < 1.29 is 22.0 Å². The van der Waals surface area contributed by atoms with Crippen LogP contribution in [0.25, 0.3) is 0 Å².